The van der Waals surface area contributed by atoms with Gasteiger partial charge in [-0.15, -0.1) is 11.6 Å². The minimum absolute atomic E-state index is 0.492. The molecule has 0 aliphatic rings. The summed E-state index contributed by atoms with van der Waals surface area (Å²) in [5, 5.41) is 0.847. The highest BCUT2D eigenvalue weighted by Gasteiger charge is 1.64. The van der Waals surface area contributed by atoms with Gasteiger partial charge in [-0.05, 0) is 6.08 Å². The molecule has 0 aromatic heterocycles. The predicted molar refractivity (Wildman–Crippen MR) is 32.3 cm³/mol. The first-order valence-electron chi connectivity index (χ1n) is 1.58. The Morgan fingerprint density at radius 3 is 2.67 bits per heavy atom. The Hall–Kier alpha value is 0.510. The van der Waals surface area contributed by atoms with Gasteiger partial charge in [0.25, 0.3) is 0 Å². The van der Waals surface area contributed by atoms with Gasteiger partial charge >= 0.3 is 0 Å². The molecule has 0 bridgehead atoms. The maximum atomic E-state index is 5.22. The van der Waals surface area contributed by atoms with Gasteiger partial charge in [-0.25, -0.2) is 0 Å². The fourth-order valence-electron chi connectivity index (χ4n) is 0.109. The quantitative estimate of drug-likeness (QED) is 0.553. The molecule has 35 valence electrons. The van der Waals surface area contributed by atoms with Gasteiger partial charge < -0.3 is 0 Å². The molecule has 0 N–H and O–H groups in total. The third-order valence-electron chi connectivity index (χ3n) is 0.299. The summed E-state index contributed by atoms with van der Waals surface area (Å²) in [5.41, 5.74) is 0. The lowest BCUT2D eigenvalue weighted by Gasteiger charge is -1.68. The van der Waals surface area contributed by atoms with Crippen LogP contribution in [0.4, 0.5) is 0 Å². The van der Waals surface area contributed by atoms with E-state index in [4.69, 9.17) is 11.6 Å². The van der Waals surface area contributed by atoms with Crippen LogP contribution in [0, 0.1) is 6.08 Å². The summed E-state index contributed by atoms with van der Waals surface area (Å²) >= 11 is 8.39. The largest absolute Gasteiger partial charge is 0.122 e. The van der Waals surface area contributed by atoms with Crippen LogP contribution in [0.25, 0.3) is 0 Å². The van der Waals surface area contributed by atoms with E-state index in [0.717, 1.165) is 5.33 Å². The number of alkyl halides is 2. The fourth-order valence-corrected chi connectivity index (χ4v) is 0.447. The van der Waals surface area contributed by atoms with E-state index >= 15 is 0 Å². The third-order valence-corrected chi connectivity index (χ3v) is 0.777. The number of halogens is 2. The third kappa shape index (κ3) is 4.51. The molecule has 0 aliphatic carbocycles. The van der Waals surface area contributed by atoms with Crippen LogP contribution >= 0.6 is 27.5 Å². The molecule has 1 radical (unpaired) electrons. The second kappa shape index (κ2) is 5.51. The number of rotatable bonds is 2. The van der Waals surface area contributed by atoms with Crippen LogP contribution in [0.2, 0.25) is 0 Å². The molecule has 0 saturated heterocycles. The highest BCUT2D eigenvalue weighted by molar-refractivity contribution is 9.09. The molecule has 0 spiro atoms. The summed E-state index contributed by atoms with van der Waals surface area (Å²) in [4.78, 5) is 0. The minimum Gasteiger partial charge on any atom is -0.122 e. The van der Waals surface area contributed by atoms with E-state index in [0.29, 0.717) is 5.88 Å². The molecule has 0 amide bonds. The van der Waals surface area contributed by atoms with Crippen LogP contribution in [0.5, 0.6) is 0 Å². The Kier molecular flexibility index (Phi) is 5.98. The zero-order chi connectivity index (χ0) is 4.83. The van der Waals surface area contributed by atoms with E-state index in [-0.39, 0.29) is 0 Å². The molecular formula is C4H5BrCl. The molecule has 0 aliphatic heterocycles. The molecule has 0 rings (SSSR count). The first-order valence-corrected chi connectivity index (χ1v) is 3.24. The average Bonchev–Trinajstić information content (AvgIpc) is 1.61. The van der Waals surface area contributed by atoms with Crippen LogP contribution < -0.4 is 0 Å². The maximum absolute atomic E-state index is 5.22. The Labute approximate surface area is 51.3 Å². The molecule has 0 unspecified atom stereocenters. The van der Waals surface area contributed by atoms with Gasteiger partial charge in [-0.2, -0.15) is 0 Å². The van der Waals surface area contributed by atoms with Gasteiger partial charge in [0.2, 0.25) is 0 Å². The van der Waals surface area contributed by atoms with Crippen molar-refractivity contribution in [2.45, 2.75) is 0 Å². The normalized spacial score (nSPS) is 10.3. The monoisotopic (exact) mass is 167 g/mol. The van der Waals surface area contributed by atoms with Crippen LogP contribution in [0.15, 0.2) is 6.08 Å². The van der Waals surface area contributed by atoms with Crippen LogP contribution in [0.1, 0.15) is 0 Å². The maximum Gasteiger partial charge on any atom is 0.0474 e. The van der Waals surface area contributed by atoms with Gasteiger partial charge in [-0.3, -0.25) is 0 Å². The lowest BCUT2D eigenvalue weighted by Crippen LogP contribution is -1.61. The summed E-state index contributed by atoms with van der Waals surface area (Å²) in [6, 6.07) is 0. The van der Waals surface area contributed by atoms with Crippen molar-refractivity contribution in [1.82, 2.24) is 0 Å². The van der Waals surface area contributed by atoms with E-state index in [1.807, 2.05) is 6.08 Å². The van der Waals surface area contributed by atoms with Gasteiger partial charge in [0, 0.05) is 11.2 Å². The van der Waals surface area contributed by atoms with E-state index in [1.165, 1.54) is 0 Å². The topological polar surface area (TPSA) is 0 Å². The SMILES string of the molecule is ClC/[C]=C/CBr. The molecule has 6 heavy (non-hydrogen) atoms. The Morgan fingerprint density at radius 1 is 1.83 bits per heavy atom. The molecule has 2 heteroatoms. The zero-order valence-corrected chi connectivity index (χ0v) is 5.59. The predicted octanol–water partition coefficient (Wildman–Crippen LogP) is 1.98. The average molecular weight is 168 g/mol. The Bertz CT molecular complexity index is 36.8. The first kappa shape index (κ1) is 6.51. The summed E-state index contributed by atoms with van der Waals surface area (Å²) in [5.74, 6) is 0.492. The fraction of sp³-hybridized carbons (Fsp3) is 0.500. The Balaban J connectivity index is 2.73. The lowest BCUT2D eigenvalue weighted by atomic mass is 10.6. The van der Waals surface area contributed by atoms with Crippen molar-refractivity contribution in [3.05, 3.63) is 12.2 Å². The van der Waals surface area contributed by atoms with Gasteiger partial charge in [0.05, 0.1) is 0 Å². The van der Waals surface area contributed by atoms with Crippen molar-refractivity contribution in [2.24, 2.45) is 0 Å². The molecular weight excluding hydrogens is 163 g/mol. The van der Waals surface area contributed by atoms with Crippen molar-refractivity contribution >= 4 is 27.5 Å². The molecule has 0 aromatic carbocycles. The zero-order valence-electron chi connectivity index (χ0n) is 3.25. The van der Waals surface area contributed by atoms with Gasteiger partial charge in [0.15, 0.2) is 0 Å². The number of hydrogen-bond donors (Lipinski definition) is 0. The molecule has 0 aromatic rings. The minimum atomic E-state index is 0.492. The van der Waals surface area contributed by atoms with E-state index in [9.17, 15) is 0 Å². The molecule has 0 fully saturated rings. The van der Waals surface area contributed by atoms with Crippen LogP contribution in [-0.2, 0) is 0 Å². The van der Waals surface area contributed by atoms with Crippen molar-refractivity contribution in [3.8, 4) is 0 Å². The standard InChI is InChI=1S/C4H5BrCl/c5-3-1-2-4-6/h1H,3-4H2. The second-order valence-corrected chi connectivity index (χ2v) is 1.61. The molecule has 0 nitrogen and oxygen atoms in total. The first-order chi connectivity index (χ1) is 2.91. The van der Waals surface area contributed by atoms with Gasteiger partial charge in [-0.1, -0.05) is 22.0 Å². The van der Waals surface area contributed by atoms with Crippen LogP contribution in [-0.4, -0.2) is 11.2 Å². The highest BCUT2D eigenvalue weighted by atomic mass is 79.9. The Morgan fingerprint density at radius 2 is 2.50 bits per heavy atom. The highest BCUT2D eigenvalue weighted by Crippen LogP contribution is 1.81. The van der Waals surface area contributed by atoms with Crippen LogP contribution in [0.3, 0.4) is 0 Å². The number of hydrogen-bond acceptors (Lipinski definition) is 0. The summed E-state index contributed by atoms with van der Waals surface area (Å²) < 4.78 is 0. The molecule has 0 heterocycles. The van der Waals surface area contributed by atoms with Crippen molar-refractivity contribution < 1.29 is 0 Å². The molecule has 0 atom stereocenters. The van der Waals surface area contributed by atoms with Crippen molar-refractivity contribution in [3.63, 3.8) is 0 Å². The second-order valence-electron chi connectivity index (χ2n) is 0.696. The summed E-state index contributed by atoms with van der Waals surface area (Å²) in [6.07, 6.45) is 4.63. The number of allylic oxidation sites excluding steroid dienone is 2. The van der Waals surface area contributed by atoms with Gasteiger partial charge in [0.1, 0.15) is 0 Å². The smallest absolute Gasteiger partial charge is 0.0474 e. The molecule has 0 saturated carbocycles. The lowest BCUT2D eigenvalue weighted by molar-refractivity contribution is 1.61. The van der Waals surface area contributed by atoms with E-state index in [1.54, 1.807) is 0 Å². The van der Waals surface area contributed by atoms with E-state index in [2.05, 4.69) is 22.0 Å². The van der Waals surface area contributed by atoms with Crippen molar-refractivity contribution in [1.29, 1.82) is 0 Å². The van der Waals surface area contributed by atoms with E-state index < -0.39 is 0 Å². The van der Waals surface area contributed by atoms with Crippen molar-refractivity contribution in [2.75, 3.05) is 11.2 Å². The summed E-state index contributed by atoms with van der Waals surface area (Å²) in [7, 11) is 0. The summed E-state index contributed by atoms with van der Waals surface area (Å²) in [6.45, 7) is 0.